The molecule has 0 spiro atoms. The highest BCUT2D eigenvalue weighted by Crippen LogP contribution is 2.83. The molecule has 1 aromatic carbocycles. The summed E-state index contributed by atoms with van der Waals surface area (Å²) in [4.78, 5) is 0. The molecule has 0 saturated heterocycles. The van der Waals surface area contributed by atoms with Gasteiger partial charge < -0.3 is 0 Å². The smallest absolute Gasteiger partial charge is 0.0196 e. The molecule has 1 aliphatic heterocycles. The Hall–Kier alpha value is 0.120. The van der Waals surface area contributed by atoms with Gasteiger partial charge in [0.1, 0.15) is 0 Å². The largest absolute Gasteiger partial charge is 0.0646 e. The zero-order chi connectivity index (χ0) is 11.1. The number of rotatable bonds is 3. The summed E-state index contributed by atoms with van der Waals surface area (Å²) in [6.07, 6.45) is 1.24. The Labute approximate surface area is 106 Å². The Morgan fingerprint density at radius 1 is 1.20 bits per heavy atom. The SMILES string of the molecule is CCC(C)(C)C1=C(c2ccccc2)[P@@]1I. The maximum atomic E-state index is 2.62. The van der Waals surface area contributed by atoms with Crippen molar-refractivity contribution in [2.24, 2.45) is 5.41 Å². The average Bonchev–Trinajstić information content (AvgIpc) is 2.92. The summed E-state index contributed by atoms with van der Waals surface area (Å²) in [5.74, 6) is 0. The van der Waals surface area contributed by atoms with Gasteiger partial charge in [0.05, 0.1) is 0 Å². The molecule has 1 aromatic rings. The first-order valence-electron chi connectivity index (χ1n) is 5.34. The monoisotopic (exact) mass is 330 g/mol. The van der Waals surface area contributed by atoms with Gasteiger partial charge in [-0.2, -0.15) is 0 Å². The molecule has 0 saturated carbocycles. The predicted octanol–water partition coefficient (Wildman–Crippen LogP) is 5.64. The van der Waals surface area contributed by atoms with E-state index in [1.807, 2.05) is 0 Å². The maximum absolute atomic E-state index is 2.62. The van der Waals surface area contributed by atoms with Gasteiger partial charge in [0.15, 0.2) is 0 Å². The third kappa shape index (κ3) is 2.14. The molecule has 1 atom stereocenters. The van der Waals surface area contributed by atoms with Crippen molar-refractivity contribution >= 4 is 32.9 Å². The van der Waals surface area contributed by atoms with Gasteiger partial charge >= 0.3 is 0 Å². The summed E-state index contributed by atoms with van der Waals surface area (Å²) < 4.78 is 0. The van der Waals surface area contributed by atoms with Gasteiger partial charge in [0, 0.05) is 10.9 Å². The van der Waals surface area contributed by atoms with Gasteiger partial charge in [-0.1, -0.05) is 51.1 Å². The second-order valence-corrected chi connectivity index (χ2v) is 8.93. The van der Waals surface area contributed by atoms with Crippen LogP contribution in [0.3, 0.4) is 0 Å². The van der Waals surface area contributed by atoms with E-state index in [2.05, 4.69) is 73.1 Å². The van der Waals surface area contributed by atoms with Crippen LogP contribution >= 0.6 is 27.6 Å². The van der Waals surface area contributed by atoms with Crippen molar-refractivity contribution in [1.29, 1.82) is 0 Å². The Kier molecular flexibility index (Phi) is 3.23. The minimum Gasteiger partial charge on any atom is -0.0646 e. The molecule has 1 heterocycles. The summed E-state index contributed by atoms with van der Waals surface area (Å²) in [6.45, 7) is 7.02. The lowest BCUT2D eigenvalue weighted by Crippen LogP contribution is -2.05. The number of allylic oxidation sites excluding steroid dienone is 1. The molecule has 15 heavy (non-hydrogen) atoms. The van der Waals surface area contributed by atoms with E-state index in [4.69, 9.17) is 0 Å². The molecule has 80 valence electrons. The van der Waals surface area contributed by atoms with Gasteiger partial charge in [0.25, 0.3) is 0 Å². The van der Waals surface area contributed by atoms with E-state index in [1.165, 1.54) is 12.0 Å². The van der Waals surface area contributed by atoms with Crippen molar-refractivity contribution < 1.29 is 0 Å². The van der Waals surface area contributed by atoms with Crippen LogP contribution in [0, 0.1) is 5.41 Å². The summed E-state index contributed by atoms with van der Waals surface area (Å²) in [6, 6.07) is 10.8. The Morgan fingerprint density at radius 2 is 1.80 bits per heavy atom. The Bertz CT molecular complexity index is 392. The lowest BCUT2D eigenvalue weighted by Gasteiger charge is -2.18. The van der Waals surface area contributed by atoms with Crippen LogP contribution in [0.2, 0.25) is 0 Å². The van der Waals surface area contributed by atoms with Crippen molar-refractivity contribution in [3.63, 3.8) is 0 Å². The zero-order valence-corrected chi connectivity index (χ0v) is 12.5. The van der Waals surface area contributed by atoms with Gasteiger partial charge in [-0.3, -0.25) is 0 Å². The van der Waals surface area contributed by atoms with Crippen molar-refractivity contribution in [3.8, 4) is 0 Å². The normalized spacial score (nSPS) is 20.7. The van der Waals surface area contributed by atoms with Crippen molar-refractivity contribution in [1.82, 2.24) is 0 Å². The first kappa shape index (κ1) is 11.6. The number of hydrogen-bond acceptors (Lipinski definition) is 0. The molecule has 0 N–H and O–H groups in total. The average molecular weight is 330 g/mol. The van der Waals surface area contributed by atoms with Crippen molar-refractivity contribution in [2.75, 3.05) is 0 Å². The lowest BCUT2D eigenvalue weighted by atomic mass is 9.89. The molecule has 0 fully saturated rings. The first-order chi connectivity index (χ1) is 7.08. The number of hydrogen-bond donors (Lipinski definition) is 0. The molecule has 2 heteroatoms. The molecule has 0 aromatic heterocycles. The topological polar surface area (TPSA) is 0 Å². The highest BCUT2D eigenvalue weighted by molar-refractivity contribution is 14.2. The fourth-order valence-corrected chi connectivity index (χ4v) is 8.13. The molecule has 0 aliphatic carbocycles. The molecule has 0 bridgehead atoms. The van der Waals surface area contributed by atoms with Crippen LogP contribution in [0.25, 0.3) is 5.31 Å². The third-order valence-corrected chi connectivity index (χ3v) is 7.91. The van der Waals surface area contributed by atoms with Gasteiger partial charge in [-0.25, -0.2) is 0 Å². The van der Waals surface area contributed by atoms with Crippen LogP contribution in [0.4, 0.5) is 0 Å². The fourth-order valence-electron chi connectivity index (χ4n) is 1.74. The van der Waals surface area contributed by atoms with Crippen LogP contribution < -0.4 is 0 Å². The standard InChI is InChI=1S/C13H16IP/c1-4-13(2,3)12-11(15(12)14)10-8-6-5-7-9-10/h5-9H,4H2,1-3H3/t15-/m1/s1. The predicted molar refractivity (Wildman–Crippen MR) is 78.4 cm³/mol. The molecule has 0 amide bonds. The van der Waals surface area contributed by atoms with Crippen LogP contribution in [0.15, 0.2) is 35.6 Å². The molecule has 0 radical (unpaired) electrons. The molecule has 0 nitrogen and oxygen atoms in total. The van der Waals surface area contributed by atoms with E-state index < -0.39 is 0 Å². The lowest BCUT2D eigenvalue weighted by molar-refractivity contribution is 0.458. The molecular formula is C13H16IP. The van der Waals surface area contributed by atoms with E-state index >= 15 is 0 Å². The summed E-state index contributed by atoms with van der Waals surface area (Å²) in [7, 11) is 0. The maximum Gasteiger partial charge on any atom is 0.0196 e. The van der Waals surface area contributed by atoms with E-state index in [0.717, 1.165) is 0 Å². The highest BCUT2D eigenvalue weighted by Gasteiger charge is 2.43. The molecule has 0 unspecified atom stereocenters. The third-order valence-electron chi connectivity index (χ3n) is 3.14. The quantitative estimate of drug-likeness (QED) is 0.497. The first-order valence-corrected chi connectivity index (χ1v) is 9.46. The Morgan fingerprint density at radius 3 is 2.33 bits per heavy atom. The van der Waals surface area contributed by atoms with E-state index in [1.54, 1.807) is 10.6 Å². The Balaban J connectivity index is 2.33. The summed E-state index contributed by atoms with van der Waals surface area (Å²) in [5.41, 5.74) is 1.88. The van der Waals surface area contributed by atoms with Crippen LogP contribution in [-0.2, 0) is 0 Å². The zero-order valence-electron chi connectivity index (χ0n) is 9.42. The van der Waals surface area contributed by atoms with Crippen LogP contribution in [0.5, 0.6) is 0 Å². The van der Waals surface area contributed by atoms with E-state index in [9.17, 15) is 0 Å². The van der Waals surface area contributed by atoms with Gasteiger partial charge in [-0.15, -0.1) is 0 Å². The van der Waals surface area contributed by atoms with E-state index in [0.29, 0.717) is 5.41 Å². The molecular weight excluding hydrogens is 314 g/mol. The molecule has 2 rings (SSSR count). The van der Waals surface area contributed by atoms with Crippen molar-refractivity contribution in [3.05, 3.63) is 41.2 Å². The fraction of sp³-hybridized carbons (Fsp3) is 0.385. The second kappa shape index (κ2) is 4.18. The second-order valence-electron chi connectivity index (χ2n) is 4.58. The minimum absolute atomic E-state index is 0.0360. The highest BCUT2D eigenvalue weighted by atomic mass is 127. The minimum atomic E-state index is 0.0360. The van der Waals surface area contributed by atoms with Gasteiger partial charge in [-0.05, 0) is 44.8 Å². The number of benzene rings is 1. The number of halogens is 1. The molecule has 1 aliphatic rings. The van der Waals surface area contributed by atoms with Crippen LogP contribution in [0.1, 0.15) is 32.8 Å². The van der Waals surface area contributed by atoms with E-state index in [-0.39, 0.29) is 5.56 Å². The van der Waals surface area contributed by atoms with Gasteiger partial charge in [0.2, 0.25) is 0 Å². The van der Waals surface area contributed by atoms with Crippen molar-refractivity contribution in [2.45, 2.75) is 27.2 Å². The summed E-state index contributed by atoms with van der Waals surface area (Å²) >= 11 is 2.62. The van der Waals surface area contributed by atoms with Crippen LogP contribution in [-0.4, -0.2) is 0 Å². The summed E-state index contributed by atoms with van der Waals surface area (Å²) in [5, 5.41) is 3.35.